The van der Waals surface area contributed by atoms with E-state index in [-0.39, 0.29) is 7.43 Å². The summed E-state index contributed by atoms with van der Waals surface area (Å²) >= 11 is 0. The van der Waals surface area contributed by atoms with Crippen LogP contribution in [0.2, 0.25) is 0 Å². The highest BCUT2D eigenvalue weighted by molar-refractivity contribution is 4.78. The van der Waals surface area contributed by atoms with E-state index in [1.807, 2.05) is 138 Å². The lowest BCUT2D eigenvalue weighted by atomic mass is 9.74. The maximum atomic E-state index is 2.46. The molecule has 630 valence electrons. The summed E-state index contributed by atoms with van der Waals surface area (Å²) in [7, 11) is 0. The van der Waals surface area contributed by atoms with Gasteiger partial charge in [0.25, 0.3) is 0 Å². The van der Waals surface area contributed by atoms with Gasteiger partial charge in [-0.15, -0.1) is 0 Å². The van der Waals surface area contributed by atoms with Gasteiger partial charge in [-0.05, 0) is 76.9 Å². The summed E-state index contributed by atoms with van der Waals surface area (Å²) in [6.07, 6.45) is 88.6. The minimum Gasteiger partial charge on any atom is -0.0776 e. The second-order valence-electron chi connectivity index (χ2n) is 32.2. The van der Waals surface area contributed by atoms with Gasteiger partial charge < -0.3 is 0 Å². The monoisotopic (exact) mass is 1450 g/mol. The Bertz CT molecular complexity index is 1000. The van der Waals surface area contributed by atoms with E-state index in [1.165, 1.54) is 327 Å². The molecule has 0 spiro atoms. The molecular weight excluding hydrogens is 1230 g/mol. The molecule has 0 atom stereocenters. The molecule has 9 fully saturated rings. The first kappa shape index (κ1) is 120. The van der Waals surface area contributed by atoms with Crippen molar-refractivity contribution in [2.75, 3.05) is 0 Å². The maximum absolute atomic E-state index is 2.46. The summed E-state index contributed by atoms with van der Waals surface area (Å²) in [5.41, 5.74) is 0. The molecule has 0 amide bonds. The first-order valence-electron chi connectivity index (χ1n) is 49.5. The first-order chi connectivity index (χ1) is 49.5. The summed E-state index contributed by atoms with van der Waals surface area (Å²) in [5.74, 6) is 13.5. The molecule has 9 aliphatic carbocycles. The largest absolute Gasteiger partial charge is 0.0776 e. The zero-order chi connectivity index (χ0) is 78.2. The van der Waals surface area contributed by atoms with Gasteiger partial charge in [-0.3, -0.25) is 0 Å². The van der Waals surface area contributed by atoms with Crippen molar-refractivity contribution in [3.63, 3.8) is 0 Å². The number of hydrogen-bond acceptors (Lipinski definition) is 0. The molecule has 0 heterocycles. The maximum Gasteiger partial charge on any atom is -0.0386 e. The Morgan fingerprint density at radius 2 is 0.167 bits per heavy atom. The van der Waals surface area contributed by atoms with Crippen LogP contribution in [0.4, 0.5) is 0 Å². The van der Waals surface area contributed by atoms with Crippen LogP contribution in [0.3, 0.4) is 0 Å². The van der Waals surface area contributed by atoms with Gasteiger partial charge in [0, 0.05) is 0 Å². The molecule has 102 heavy (non-hydrogen) atoms. The van der Waals surface area contributed by atoms with Crippen molar-refractivity contribution in [1.29, 1.82) is 0 Å². The van der Waals surface area contributed by atoms with Crippen LogP contribution in [0.25, 0.3) is 0 Å². The highest BCUT2D eigenvalue weighted by Crippen LogP contribution is 2.40. The Hall–Kier alpha value is 0. The van der Waals surface area contributed by atoms with E-state index in [1.54, 1.807) is 51.4 Å². The fraction of sp³-hybridized carbons (Fsp3) is 1.00. The standard InChI is InChI=1S/2C18H34.5C9H18.10C2H6.CH4/c2*1-15-7-3-11-17(12-4-8-15)18-13-5-9-16(2)10-6-14-18;5*1-9-7-5-3-2-4-6-8-9;10*1-2;/h2*15-18H,3-14H2,1-2H3;5*9H,2-8H2,1H3;10*1-2H3;1H4. The Balaban J connectivity index is -0.000000138. The number of hydrogen-bond donors (Lipinski definition) is 0. The molecule has 0 heteroatoms. The molecule has 0 aromatic rings. The third-order valence-electron chi connectivity index (χ3n) is 23.5. The van der Waals surface area contributed by atoms with E-state index in [0.717, 1.165) is 76.9 Å². The molecule has 0 N–H and O–H groups in total. The van der Waals surface area contributed by atoms with Crippen LogP contribution in [-0.4, -0.2) is 0 Å². The van der Waals surface area contributed by atoms with E-state index in [9.17, 15) is 0 Å². The van der Waals surface area contributed by atoms with Crippen LogP contribution in [0.1, 0.15) is 587 Å². The molecule has 9 rings (SSSR count). The molecule has 0 nitrogen and oxygen atoms in total. The van der Waals surface area contributed by atoms with Gasteiger partial charge in [-0.1, -0.05) is 587 Å². The Morgan fingerprint density at radius 1 is 0.0980 bits per heavy atom. The Kier molecular flexibility index (Phi) is 124. The van der Waals surface area contributed by atoms with E-state index in [2.05, 4.69) is 62.3 Å². The van der Waals surface area contributed by atoms with Crippen molar-refractivity contribution < 1.29 is 0 Å². The lowest BCUT2D eigenvalue weighted by Gasteiger charge is -2.32. The zero-order valence-electron chi connectivity index (χ0n) is 78.2. The van der Waals surface area contributed by atoms with E-state index in [0.29, 0.717) is 0 Å². The van der Waals surface area contributed by atoms with E-state index in [4.69, 9.17) is 0 Å². The van der Waals surface area contributed by atoms with Crippen LogP contribution in [0, 0.1) is 76.9 Å². The van der Waals surface area contributed by atoms with Gasteiger partial charge in [-0.2, -0.15) is 0 Å². The molecule has 0 bridgehead atoms. The third-order valence-corrected chi connectivity index (χ3v) is 23.5. The molecule has 0 aromatic carbocycles. The fourth-order valence-corrected chi connectivity index (χ4v) is 17.2. The highest BCUT2D eigenvalue weighted by atomic mass is 14.3. The molecule has 9 aliphatic rings. The predicted molar refractivity (Wildman–Crippen MR) is 489 cm³/mol. The summed E-state index contributed by atoms with van der Waals surface area (Å²) in [6, 6.07) is 0. The minimum absolute atomic E-state index is 0. The van der Waals surface area contributed by atoms with Crippen molar-refractivity contribution in [1.82, 2.24) is 0 Å². The molecule has 0 aromatic heterocycles. The fourth-order valence-electron chi connectivity index (χ4n) is 17.2. The molecule has 0 radical (unpaired) electrons. The molecule has 0 saturated heterocycles. The third kappa shape index (κ3) is 87.2. The second kappa shape index (κ2) is 105. The quantitative estimate of drug-likeness (QED) is 0.259. The average molecular weight is 1450 g/mol. The predicted octanol–water partition coefficient (Wildman–Crippen LogP) is 40.1. The summed E-state index contributed by atoms with van der Waals surface area (Å²) in [5, 5.41) is 0. The molecule has 9 saturated carbocycles. The van der Waals surface area contributed by atoms with Gasteiger partial charge >= 0.3 is 0 Å². The first-order valence-corrected chi connectivity index (χ1v) is 49.5. The smallest absolute Gasteiger partial charge is 0.0386 e. The van der Waals surface area contributed by atoms with Crippen molar-refractivity contribution in [2.24, 2.45) is 76.9 Å². The molecule has 0 aliphatic heterocycles. The van der Waals surface area contributed by atoms with Gasteiger partial charge in [0.15, 0.2) is 0 Å². The molecular formula is C102H222. The van der Waals surface area contributed by atoms with Gasteiger partial charge in [0.2, 0.25) is 0 Å². The highest BCUT2D eigenvalue weighted by Gasteiger charge is 2.26. The van der Waals surface area contributed by atoms with Crippen LogP contribution in [0.15, 0.2) is 0 Å². The Labute approximate surface area is 660 Å². The van der Waals surface area contributed by atoms with Crippen LogP contribution in [0.5, 0.6) is 0 Å². The second-order valence-corrected chi connectivity index (χ2v) is 32.2. The minimum atomic E-state index is 0. The average Bonchev–Trinajstić information content (AvgIpc) is 0.905. The SMILES string of the molecule is C.CC.CC.CC.CC.CC.CC.CC.CC.CC.CC.CC1CCCC(C2CCCC(C)CCC2)CCC1.CC1CCCC(C2CCCC(C)CCC2)CCC1.CC1CCCCCCC1.CC1CCCCCCC1.CC1CCCCCCC1.CC1CCCCCCC1.CC1CCCCCCC1. The summed E-state index contributed by atoms with van der Waals surface area (Å²) < 4.78 is 0. The topological polar surface area (TPSA) is 0 Å². The zero-order valence-corrected chi connectivity index (χ0v) is 78.2. The van der Waals surface area contributed by atoms with E-state index >= 15 is 0 Å². The van der Waals surface area contributed by atoms with Crippen LogP contribution >= 0.6 is 0 Å². The summed E-state index contributed by atoms with van der Waals surface area (Å²) in [6.45, 7) is 61.8. The Morgan fingerprint density at radius 3 is 0.255 bits per heavy atom. The van der Waals surface area contributed by atoms with Gasteiger partial charge in [0.05, 0.1) is 0 Å². The van der Waals surface area contributed by atoms with Crippen LogP contribution in [-0.2, 0) is 0 Å². The summed E-state index contributed by atoms with van der Waals surface area (Å²) in [4.78, 5) is 0. The van der Waals surface area contributed by atoms with Crippen molar-refractivity contribution in [3.8, 4) is 0 Å². The van der Waals surface area contributed by atoms with Gasteiger partial charge in [-0.25, -0.2) is 0 Å². The van der Waals surface area contributed by atoms with Crippen molar-refractivity contribution in [3.05, 3.63) is 0 Å². The lowest BCUT2D eigenvalue weighted by Crippen LogP contribution is -2.19. The lowest BCUT2D eigenvalue weighted by molar-refractivity contribution is 0.201. The normalized spacial score (nSPS) is 25.9. The van der Waals surface area contributed by atoms with Gasteiger partial charge in [0.1, 0.15) is 0 Å². The van der Waals surface area contributed by atoms with E-state index < -0.39 is 0 Å². The van der Waals surface area contributed by atoms with Crippen molar-refractivity contribution >= 4 is 0 Å². The van der Waals surface area contributed by atoms with Crippen LogP contribution < -0.4 is 0 Å². The number of rotatable bonds is 2. The molecule has 0 unspecified atom stereocenters. The van der Waals surface area contributed by atoms with Crippen molar-refractivity contribution in [2.45, 2.75) is 587 Å².